The first-order valence-electron chi connectivity index (χ1n) is 7.16. The predicted molar refractivity (Wildman–Crippen MR) is 91.0 cm³/mol. The molecule has 0 saturated heterocycles. The van der Waals surface area contributed by atoms with E-state index in [2.05, 4.69) is 5.32 Å². The van der Waals surface area contributed by atoms with Crippen LogP contribution in [0.25, 0.3) is 21.9 Å². The van der Waals surface area contributed by atoms with Gasteiger partial charge in [-0.25, -0.2) is 0 Å². The first-order valence-corrected chi connectivity index (χ1v) is 7.16. The first kappa shape index (κ1) is 14.2. The van der Waals surface area contributed by atoms with E-state index in [-0.39, 0.29) is 12.4 Å². The maximum Gasteiger partial charge on any atom is 0.125 e. The van der Waals surface area contributed by atoms with Crippen molar-refractivity contribution in [2.24, 2.45) is 0 Å². The molecule has 0 amide bonds. The molecule has 0 bridgehead atoms. The number of nitrogens with one attached hydrogen (secondary N) is 1. The van der Waals surface area contributed by atoms with E-state index in [1.165, 1.54) is 0 Å². The fraction of sp³-hybridized carbons (Fsp3) is 0.111. The minimum Gasteiger partial charge on any atom is -0.507 e. The monoisotopic (exact) mass is 294 g/mol. The summed E-state index contributed by atoms with van der Waals surface area (Å²) < 4.78 is 0. The van der Waals surface area contributed by atoms with Crippen molar-refractivity contribution in [2.75, 3.05) is 24.2 Å². The number of phenols is 1. The lowest BCUT2D eigenvalue weighted by molar-refractivity contribution is 0.311. The van der Waals surface area contributed by atoms with Crippen molar-refractivity contribution in [1.82, 2.24) is 0 Å². The zero-order valence-electron chi connectivity index (χ0n) is 12.1. The molecule has 3 aromatic rings. The molecule has 5 N–H and O–H groups in total. The van der Waals surface area contributed by atoms with Crippen molar-refractivity contribution >= 4 is 22.1 Å². The highest BCUT2D eigenvalue weighted by Gasteiger charge is 2.09. The number of anilines is 2. The Bertz CT molecular complexity index is 815. The average molecular weight is 294 g/mol. The van der Waals surface area contributed by atoms with Crippen LogP contribution < -0.4 is 11.1 Å². The van der Waals surface area contributed by atoms with E-state index in [9.17, 15) is 5.11 Å². The maximum atomic E-state index is 9.96. The molecule has 0 fully saturated rings. The van der Waals surface area contributed by atoms with Crippen molar-refractivity contribution in [3.05, 3.63) is 54.6 Å². The highest BCUT2D eigenvalue weighted by Crippen LogP contribution is 2.36. The lowest BCUT2D eigenvalue weighted by Gasteiger charge is -2.13. The zero-order valence-corrected chi connectivity index (χ0v) is 12.1. The molecular weight excluding hydrogens is 276 g/mol. The SMILES string of the molecule is Nc1cc(-c2ccccc2NCCO)cc2cccc(O)c12. The number of hydrogen-bond donors (Lipinski definition) is 4. The molecule has 3 aromatic carbocycles. The average Bonchev–Trinajstić information content (AvgIpc) is 2.53. The second-order valence-corrected chi connectivity index (χ2v) is 5.14. The molecule has 0 heterocycles. The number of nitrogen functional groups attached to an aromatic ring is 1. The number of phenolic OH excluding ortho intramolecular Hbond substituents is 1. The number of para-hydroxylation sites is 1. The second-order valence-electron chi connectivity index (χ2n) is 5.14. The minimum atomic E-state index is 0.0715. The quantitative estimate of drug-likeness (QED) is 0.557. The molecule has 0 aliphatic heterocycles. The Morgan fingerprint density at radius 1 is 1.00 bits per heavy atom. The van der Waals surface area contributed by atoms with Crippen LogP contribution in [0, 0.1) is 0 Å². The van der Waals surface area contributed by atoms with Crippen LogP contribution in [0.15, 0.2) is 54.6 Å². The topological polar surface area (TPSA) is 78.5 Å². The number of nitrogens with two attached hydrogens (primary N) is 1. The van der Waals surface area contributed by atoms with Gasteiger partial charge in [0.15, 0.2) is 0 Å². The van der Waals surface area contributed by atoms with Gasteiger partial charge in [-0.05, 0) is 35.2 Å². The van der Waals surface area contributed by atoms with Gasteiger partial charge >= 0.3 is 0 Å². The summed E-state index contributed by atoms with van der Waals surface area (Å²) in [6.07, 6.45) is 0. The van der Waals surface area contributed by atoms with E-state index >= 15 is 0 Å². The van der Waals surface area contributed by atoms with Crippen LogP contribution in [0.5, 0.6) is 5.75 Å². The highest BCUT2D eigenvalue weighted by molar-refractivity contribution is 6.01. The van der Waals surface area contributed by atoms with E-state index < -0.39 is 0 Å². The third-order valence-corrected chi connectivity index (χ3v) is 3.65. The molecule has 0 spiro atoms. The van der Waals surface area contributed by atoms with Gasteiger partial charge in [-0.15, -0.1) is 0 Å². The molecule has 0 aromatic heterocycles. The summed E-state index contributed by atoms with van der Waals surface area (Å²) in [5.74, 6) is 0.188. The Labute approximate surface area is 128 Å². The molecule has 22 heavy (non-hydrogen) atoms. The van der Waals surface area contributed by atoms with E-state index in [0.29, 0.717) is 17.6 Å². The summed E-state index contributed by atoms with van der Waals surface area (Å²) in [4.78, 5) is 0. The molecule has 0 radical (unpaired) electrons. The van der Waals surface area contributed by atoms with Gasteiger partial charge in [-0.1, -0.05) is 30.3 Å². The smallest absolute Gasteiger partial charge is 0.125 e. The number of aliphatic hydroxyl groups excluding tert-OH is 1. The fourth-order valence-electron chi connectivity index (χ4n) is 2.68. The van der Waals surface area contributed by atoms with E-state index in [1.54, 1.807) is 12.1 Å². The summed E-state index contributed by atoms with van der Waals surface area (Å²) in [5, 5.41) is 23.7. The number of fused-ring (bicyclic) bond motifs is 1. The Morgan fingerprint density at radius 2 is 1.82 bits per heavy atom. The molecule has 4 heteroatoms. The maximum absolute atomic E-state index is 9.96. The van der Waals surface area contributed by atoms with Crippen LogP contribution in [-0.2, 0) is 0 Å². The van der Waals surface area contributed by atoms with Crippen molar-refractivity contribution < 1.29 is 10.2 Å². The highest BCUT2D eigenvalue weighted by atomic mass is 16.3. The Hall–Kier alpha value is -2.72. The summed E-state index contributed by atoms with van der Waals surface area (Å²) in [5.41, 5.74) is 9.59. The van der Waals surface area contributed by atoms with Gasteiger partial charge < -0.3 is 21.3 Å². The van der Waals surface area contributed by atoms with Crippen LogP contribution in [0.2, 0.25) is 0 Å². The van der Waals surface area contributed by atoms with Gasteiger partial charge in [0.25, 0.3) is 0 Å². The number of aromatic hydroxyl groups is 1. The van der Waals surface area contributed by atoms with Crippen molar-refractivity contribution in [3.8, 4) is 16.9 Å². The molecule has 0 atom stereocenters. The molecule has 0 aliphatic carbocycles. The van der Waals surface area contributed by atoms with Crippen molar-refractivity contribution in [2.45, 2.75) is 0 Å². The van der Waals surface area contributed by atoms with Gasteiger partial charge in [0, 0.05) is 28.9 Å². The van der Waals surface area contributed by atoms with Gasteiger partial charge in [0.2, 0.25) is 0 Å². The molecular formula is C18H18N2O2. The van der Waals surface area contributed by atoms with Crippen LogP contribution in [0.3, 0.4) is 0 Å². The van der Waals surface area contributed by atoms with Crippen molar-refractivity contribution in [3.63, 3.8) is 0 Å². The van der Waals surface area contributed by atoms with Crippen LogP contribution in [0.1, 0.15) is 0 Å². The second kappa shape index (κ2) is 5.95. The largest absolute Gasteiger partial charge is 0.507 e. The number of hydrogen-bond acceptors (Lipinski definition) is 4. The van der Waals surface area contributed by atoms with Gasteiger partial charge in [-0.2, -0.15) is 0 Å². The third kappa shape index (κ3) is 2.56. The summed E-state index contributed by atoms with van der Waals surface area (Å²) in [6, 6.07) is 17.1. The fourth-order valence-corrected chi connectivity index (χ4v) is 2.68. The number of benzene rings is 3. The normalized spacial score (nSPS) is 10.8. The van der Waals surface area contributed by atoms with E-state index in [4.69, 9.17) is 10.8 Å². The van der Waals surface area contributed by atoms with E-state index in [0.717, 1.165) is 22.2 Å². The van der Waals surface area contributed by atoms with E-state index in [1.807, 2.05) is 42.5 Å². The number of rotatable bonds is 4. The molecule has 112 valence electrons. The number of aliphatic hydroxyl groups is 1. The molecule has 4 nitrogen and oxygen atoms in total. The lowest BCUT2D eigenvalue weighted by Crippen LogP contribution is -2.06. The van der Waals surface area contributed by atoms with Gasteiger partial charge in [0.05, 0.1) is 6.61 Å². The van der Waals surface area contributed by atoms with Crippen LogP contribution in [0.4, 0.5) is 11.4 Å². The molecule has 0 unspecified atom stereocenters. The Kier molecular flexibility index (Phi) is 3.85. The molecule has 0 saturated carbocycles. The predicted octanol–water partition coefficient (Wildman–Crippen LogP) is 3.20. The standard InChI is InChI=1S/C18H18N2O2/c19-15-11-13(10-12-4-3-7-17(22)18(12)15)14-5-1-2-6-16(14)20-8-9-21/h1-7,10-11,20-22H,8-9,19H2. The molecule has 0 aliphatic rings. The Balaban J connectivity index is 2.15. The zero-order chi connectivity index (χ0) is 15.5. The third-order valence-electron chi connectivity index (χ3n) is 3.65. The summed E-state index contributed by atoms with van der Waals surface area (Å²) in [7, 11) is 0. The lowest BCUT2D eigenvalue weighted by atomic mass is 9.98. The van der Waals surface area contributed by atoms with Crippen LogP contribution >= 0.6 is 0 Å². The summed E-state index contributed by atoms with van der Waals surface area (Å²) >= 11 is 0. The summed E-state index contributed by atoms with van der Waals surface area (Å²) in [6.45, 7) is 0.558. The van der Waals surface area contributed by atoms with Crippen molar-refractivity contribution in [1.29, 1.82) is 0 Å². The van der Waals surface area contributed by atoms with Gasteiger partial charge in [0.1, 0.15) is 5.75 Å². The van der Waals surface area contributed by atoms with Crippen LogP contribution in [-0.4, -0.2) is 23.4 Å². The minimum absolute atomic E-state index is 0.0715. The Morgan fingerprint density at radius 3 is 2.64 bits per heavy atom. The van der Waals surface area contributed by atoms with Gasteiger partial charge in [-0.3, -0.25) is 0 Å². The first-order chi connectivity index (χ1) is 10.7. The molecule has 3 rings (SSSR count).